The van der Waals surface area contributed by atoms with Gasteiger partial charge in [0.05, 0.1) is 19.9 Å². The number of hydrogen-bond donors (Lipinski definition) is 2. The molecular weight excluding hydrogens is 476 g/mol. The molecule has 0 aliphatic heterocycles. The van der Waals surface area contributed by atoms with E-state index in [1.807, 2.05) is 49.4 Å². The zero-order chi connectivity index (χ0) is 22.8. The van der Waals surface area contributed by atoms with Crippen LogP contribution in [-0.2, 0) is 13.6 Å². The molecule has 2 aromatic carbocycles. The first-order valence-electron chi connectivity index (χ1n) is 9.75. The van der Waals surface area contributed by atoms with E-state index in [-0.39, 0.29) is 11.2 Å². The first-order chi connectivity index (χ1) is 15.4. The van der Waals surface area contributed by atoms with Gasteiger partial charge in [0.1, 0.15) is 5.75 Å². The Hall–Kier alpha value is -3.66. The summed E-state index contributed by atoms with van der Waals surface area (Å²) < 4.78 is 9.25. The van der Waals surface area contributed by atoms with Crippen LogP contribution < -0.4 is 21.4 Å². The molecule has 32 heavy (non-hydrogen) atoms. The number of ether oxygens (including phenoxy) is 1. The first-order valence-corrected chi connectivity index (χ1v) is 10.5. The standard InChI is InChI=1S/C22H21BrN6O3/c1-13-4-6-14(7-5-13)12-29-18-19(28(2)22(31)26-20(18)30)25-21(29)27-24-11-15-10-16(23)8-9-17(15)32-3/h4-11H,12H2,1-3H3,(H,25,27)(H,26,30,31)/b24-11-. The maximum absolute atomic E-state index is 12.6. The van der Waals surface area contributed by atoms with Crippen molar-refractivity contribution in [3.8, 4) is 5.75 Å². The Kier molecular flexibility index (Phi) is 5.95. The average molecular weight is 497 g/mol. The lowest BCUT2D eigenvalue weighted by Gasteiger charge is -2.09. The Bertz CT molecular complexity index is 1430. The predicted molar refractivity (Wildman–Crippen MR) is 128 cm³/mol. The summed E-state index contributed by atoms with van der Waals surface area (Å²) >= 11 is 3.44. The number of nitrogens with one attached hydrogen (secondary N) is 2. The fourth-order valence-corrected chi connectivity index (χ4v) is 3.69. The number of benzene rings is 2. The number of fused-ring (bicyclic) bond motifs is 1. The van der Waals surface area contributed by atoms with Crippen LogP contribution in [0.2, 0.25) is 0 Å². The number of anilines is 1. The topological polar surface area (TPSA) is 106 Å². The molecule has 2 N–H and O–H groups in total. The number of H-pyrrole nitrogens is 1. The van der Waals surface area contributed by atoms with Gasteiger partial charge in [-0.15, -0.1) is 0 Å². The summed E-state index contributed by atoms with van der Waals surface area (Å²) in [5.41, 5.74) is 5.28. The molecule has 0 radical (unpaired) electrons. The summed E-state index contributed by atoms with van der Waals surface area (Å²) in [4.78, 5) is 31.5. The van der Waals surface area contributed by atoms with Crippen molar-refractivity contribution in [2.24, 2.45) is 12.1 Å². The van der Waals surface area contributed by atoms with Crippen molar-refractivity contribution in [3.63, 3.8) is 0 Å². The Morgan fingerprint density at radius 3 is 2.69 bits per heavy atom. The Labute approximate surface area is 191 Å². The third-order valence-corrected chi connectivity index (χ3v) is 5.52. The van der Waals surface area contributed by atoms with Crippen LogP contribution in [0.5, 0.6) is 5.75 Å². The smallest absolute Gasteiger partial charge is 0.329 e. The van der Waals surface area contributed by atoms with Crippen LogP contribution in [0.4, 0.5) is 5.95 Å². The van der Waals surface area contributed by atoms with Crippen molar-refractivity contribution in [1.29, 1.82) is 0 Å². The number of aryl methyl sites for hydroxylation is 2. The van der Waals surface area contributed by atoms with Crippen molar-refractivity contribution >= 4 is 39.3 Å². The van der Waals surface area contributed by atoms with Gasteiger partial charge in [-0.25, -0.2) is 10.2 Å². The second-order valence-electron chi connectivity index (χ2n) is 7.25. The molecule has 0 saturated heterocycles. The largest absolute Gasteiger partial charge is 0.496 e. The molecule has 0 atom stereocenters. The van der Waals surface area contributed by atoms with E-state index in [1.54, 1.807) is 24.9 Å². The molecular formula is C22H21BrN6O3. The van der Waals surface area contributed by atoms with Crippen molar-refractivity contribution in [3.05, 3.63) is 84.5 Å². The second-order valence-corrected chi connectivity index (χ2v) is 8.17. The second kappa shape index (κ2) is 8.83. The quantitative estimate of drug-likeness (QED) is 0.315. The van der Waals surface area contributed by atoms with Crippen LogP contribution in [0, 0.1) is 6.92 Å². The molecule has 9 nitrogen and oxygen atoms in total. The number of rotatable bonds is 6. The van der Waals surface area contributed by atoms with Crippen molar-refractivity contribution in [2.75, 3.05) is 12.5 Å². The van der Waals surface area contributed by atoms with Crippen LogP contribution in [0.25, 0.3) is 11.2 Å². The lowest BCUT2D eigenvalue weighted by atomic mass is 10.1. The van der Waals surface area contributed by atoms with E-state index in [0.717, 1.165) is 21.2 Å². The molecule has 0 amide bonds. The molecule has 0 bridgehead atoms. The Balaban J connectivity index is 1.78. The highest BCUT2D eigenvalue weighted by Gasteiger charge is 2.17. The van der Waals surface area contributed by atoms with E-state index < -0.39 is 11.2 Å². The van der Waals surface area contributed by atoms with E-state index in [0.29, 0.717) is 18.2 Å². The van der Waals surface area contributed by atoms with Gasteiger partial charge in [-0.1, -0.05) is 45.8 Å². The fourth-order valence-electron chi connectivity index (χ4n) is 3.32. The fraction of sp³-hybridized carbons (Fsp3) is 0.182. The monoisotopic (exact) mass is 496 g/mol. The summed E-state index contributed by atoms with van der Waals surface area (Å²) in [6.45, 7) is 2.38. The van der Waals surface area contributed by atoms with E-state index in [1.165, 1.54) is 4.57 Å². The normalized spacial score (nSPS) is 11.4. The molecule has 2 heterocycles. The zero-order valence-corrected chi connectivity index (χ0v) is 19.3. The van der Waals surface area contributed by atoms with Crippen LogP contribution in [0.3, 0.4) is 0 Å². The first kappa shape index (κ1) is 21.6. The van der Waals surface area contributed by atoms with Gasteiger partial charge < -0.3 is 4.74 Å². The highest BCUT2D eigenvalue weighted by atomic mass is 79.9. The number of halogens is 1. The number of aromatic nitrogens is 4. The van der Waals surface area contributed by atoms with Gasteiger partial charge >= 0.3 is 5.69 Å². The summed E-state index contributed by atoms with van der Waals surface area (Å²) in [5, 5.41) is 4.30. The summed E-state index contributed by atoms with van der Waals surface area (Å²) in [6.07, 6.45) is 1.60. The van der Waals surface area contributed by atoms with Gasteiger partial charge in [0.25, 0.3) is 5.56 Å². The van der Waals surface area contributed by atoms with Crippen molar-refractivity contribution in [2.45, 2.75) is 13.5 Å². The number of hydrazone groups is 1. The summed E-state index contributed by atoms with van der Waals surface area (Å²) in [6, 6.07) is 13.5. The highest BCUT2D eigenvalue weighted by molar-refractivity contribution is 9.10. The maximum atomic E-state index is 12.6. The number of imidazole rings is 1. The minimum atomic E-state index is -0.531. The maximum Gasteiger partial charge on any atom is 0.329 e. The van der Waals surface area contributed by atoms with E-state index in [4.69, 9.17) is 4.74 Å². The van der Waals surface area contributed by atoms with E-state index >= 15 is 0 Å². The Morgan fingerprint density at radius 2 is 1.97 bits per heavy atom. The van der Waals surface area contributed by atoms with Gasteiger partial charge in [-0.2, -0.15) is 10.1 Å². The van der Waals surface area contributed by atoms with Crippen LogP contribution >= 0.6 is 15.9 Å². The predicted octanol–water partition coefficient (Wildman–Crippen LogP) is 3.00. The number of aromatic amines is 1. The molecule has 2 aromatic heterocycles. The lowest BCUT2D eigenvalue weighted by Crippen LogP contribution is -2.29. The van der Waals surface area contributed by atoms with Gasteiger partial charge in [0, 0.05) is 17.1 Å². The van der Waals surface area contributed by atoms with Crippen LogP contribution in [0.1, 0.15) is 16.7 Å². The van der Waals surface area contributed by atoms with Gasteiger partial charge in [-0.3, -0.25) is 18.9 Å². The van der Waals surface area contributed by atoms with Crippen LogP contribution in [0.15, 0.2) is 61.6 Å². The Morgan fingerprint density at radius 1 is 1.22 bits per heavy atom. The molecule has 0 aliphatic carbocycles. The summed E-state index contributed by atoms with van der Waals surface area (Å²) in [7, 11) is 3.14. The molecule has 10 heteroatoms. The molecule has 0 spiro atoms. The third-order valence-electron chi connectivity index (χ3n) is 5.03. The lowest BCUT2D eigenvalue weighted by molar-refractivity contribution is 0.414. The zero-order valence-electron chi connectivity index (χ0n) is 17.7. The van der Waals surface area contributed by atoms with Gasteiger partial charge in [0.15, 0.2) is 11.2 Å². The number of nitrogens with zero attached hydrogens (tertiary/aromatic N) is 4. The van der Waals surface area contributed by atoms with Crippen molar-refractivity contribution in [1.82, 2.24) is 19.1 Å². The molecule has 0 aliphatic rings. The van der Waals surface area contributed by atoms with Gasteiger partial charge in [-0.05, 0) is 30.7 Å². The molecule has 4 aromatic rings. The number of hydrogen-bond acceptors (Lipinski definition) is 6. The molecule has 0 saturated carbocycles. The summed E-state index contributed by atoms with van der Waals surface area (Å²) in [5.74, 6) is 0.989. The van der Waals surface area contributed by atoms with E-state index in [2.05, 4.69) is 36.4 Å². The van der Waals surface area contributed by atoms with Gasteiger partial charge in [0.2, 0.25) is 5.95 Å². The third kappa shape index (κ3) is 4.22. The highest BCUT2D eigenvalue weighted by Crippen LogP contribution is 2.22. The molecule has 0 unspecified atom stereocenters. The SMILES string of the molecule is COc1ccc(Br)cc1/C=N\Nc1nc2c(c(=O)[nH]c(=O)n2C)n1Cc1ccc(C)cc1. The molecule has 4 rings (SSSR count). The molecule has 0 fully saturated rings. The average Bonchev–Trinajstić information content (AvgIpc) is 3.13. The minimum absolute atomic E-state index is 0.267. The van der Waals surface area contributed by atoms with Crippen molar-refractivity contribution < 1.29 is 4.74 Å². The number of methoxy groups -OCH3 is 1. The molecule has 164 valence electrons. The van der Waals surface area contributed by atoms with Crippen LogP contribution in [-0.4, -0.2) is 32.4 Å². The minimum Gasteiger partial charge on any atom is -0.496 e. The van der Waals surface area contributed by atoms with E-state index in [9.17, 15) is 9.59 Å².